The third kappa shape index (κ3) is 1.08. The van der Waals surface area contributed by atoms with Crippen LogP contribution in [0, 0.1) is 0 Å². The summed E-state index contributed by atoms with van der Waals surface area (Å²) in [7, 11) is 0. The quantitative estimate of drug-likeness (QED) is 0.674. The van der Waals surface area contributed by atoms with Gasteiger partial charge >= 0.3 is 0 Å². The molecule has 1 N–H and O–H groups in total. The average molecular weight is 183 g/mol. The summed E-state index contributed by atoms with van der Waals surface area (Å²) in [5, 5.41) is 5.09. The van der Waals surface area contributed by atoms with Crippen LogP contribution in [0.1, 0.15) is 16.6 Å². The summed E-state index contributed by atoms with van der Waals surface area (Å²) < 4.78 is 5.38. The summed E-state index contributed by atoms with van der Waals surface area (Å²) in [4.78, 5) is 11.8. The maximum atomic E-state index is 11.1. The van der Waals surface area contributed by atoms with Gasteiger partial charge < -0.3 is 10.1 Å². The number of ether oxygens (including phenoxy) is 1. The third-order valence-electron chi connectivity index (χ3n) is 1.73. The number of hydrogen-bond donors (Lipinski definition) is 1. The molecule has 0 aromatic carbocycles. The van der Waals surface area contributed by atoms with Crippen molar-refractivity contribution < 1.29 is 9.53 Å². The number of ketones is 1. The van der Waals surface area contributed by atoms with Gasteiger partial charge in [-0.15, -0.1) is 11.3 Å². The fourth-order valence-corrected chi connectivity index (χ4v) is 2.06. The second-order valence-electron chi connectivity index (χ2n) is 2.64. The van der Waals surface area contributed by atoms with E-state index in [1.54, 1.807) is 6.92 Å². The van der Waals surface area contributed by atoms with Crippen LogP contribution in [0.15, 0.2) is 5.38 Å². The van der Waals surface area contributed by atoms with Gasteiger partial charge in [-0.1, -0.05) is 0 Å². The van der Waals surface area contributed by atoms with Gasteiger partial charge in [0.15, 0.2) is 11.5 Å². The molecule has 0 spiro atoms. The van der Waals surface area contributed by atoms with Crippen molar-refractivity contribution in [1.82, 2.24) is 0 Å². The van der Waals surface area contributed by atoms with E-state index in [9.17, 15) is 4.79 Å². The van der Waals surface area contributed by atoms with E-state index in [0.717, 1.165) is 22.9 Å². The maximum absolute atomic E-state index is 11.1. The standard InChI is InChI=1S/C8H9NO2S/c1-5(10)8-7-6(4-12-8)9-2-3-11-7/h4,9H,2-3H2,1H3. The van der Waals surface area contributed by atoms with E-state index in [1.165, 1.54) is 11.3 Å². The highest BCUT2D eigenvalue weighted by Gasteiger charge is 2.18. The fourth-order valence-electron chi connectivity index (χ4n) is 1.19. The zero-order chi connectivity index (χ0) is 8.55. The zero-order valence-corrected chi connectivity index (χ0v) is 7.53. The number of nitrogens with one attached hydrogen (secondary N) is 1. The van der Waals surface area contributed by atoms with E-state index in [4.69, 9.17) is 4.74 Å². The summed E-state index contributed by atoms with van der Waals surface area (Å²) in [5.41, 5.74) is 0.955. The Hall–Kier alpha value is -1.03. The molecule has 2 rings (SSSR count). The fraction of sp³-hybridized carbons (Fsp3) is 0.375. The molecule has 0 radical (unpaired) electrons. The van der Waals surface area contributed by atoms with Crippen LogP contribution >= 0.6 is 11.3 Å². The van der Waals surface area contributed by atoms with Crippen LogP contribution in [0.3, 0.4) is 0 Å². The number of fused-ring (bicyclic) bond motifs is 1. The van der Waals surface area contributed by atoms with Crippen molar-refractivity contribution in [3.63, 3.8) is 0 Å². The number of Topliss-reactive ketones (excluding diaryl/α,β-unsaturated/α-hetero) is 1. The summed E-state index contributed by atoms with van der Waals surface area (Å²) >= 11 is 1.44. The molecule has 0 bridgehead atoms. The zero-order valence-electron chi connectivity index (χ0n) is 6.72. The van der Waals surface area contributed by atoms with Crippen molar-refractivity contribution in [1.29, 1.82) is 0 Å². The Morgan fingerprint density at radius 3 is 3.33 bits per heavy atom. The van der Waals surface area contributed by atoms with Gasteiger partial charge in [0.2, 0.25) is 0 Å². The second-order valence-corrected chi connectivity index (χ2v) is 3.52. The molecule has 2 heterocycles. The predicted octanol–water partition coefficient (Wildman–Crippen LogP) is 1.75. The van der Waals surface area contributed by atoms with E-state index in [0.29, 0.717) is 6.61 Å². The summed E-state index contributed by atoms with van der Waals surface area (Å²) in [6.07, 6.45) is 0. The Morgan fingerprint density at radius 1 is 1.75 bits per heavy atom. The highest BCUT2D eigenvalue weighted by atomic mass is 32.1. The van der Waals surface area contributed by atoms with Crippen LogP contribution in [-0.4, -0.2) is 18.9 Å². The Bertz CT molecular complexity index is 319. The minimum Gasteiger partial charge on any atom is -0.488 e. The van der Waals surface area contributed by atoms with Gasteiger partial charge in [-0.3, -0.25) is 4.79 Å². The Morgan fingerprint density at radius 2 is 2.58 bits per heavy atom. The van der Waals surface area contributed by atoms with Crippen LogP contribution < -0.4 is 10.1 Å². The molecule has 4 heteroatoms. The summed E-state index contributed by atoms with van der Waals surface area (Å²) in [6, 6.07) is 0. The van der Waals surface area contributed by atoms with Gasteiger partial charge in [0, 0.05) is 18.8 Å². The Kier molecular flexibility index (Phi) is 1.77. The number of carbonyl (C=O) groups is 1. The van der Waals surface area contributed by atoms with E-state index in [-0.39, 0.29) is 5.78 Å². The lowest BCUT2D eigenvalue weighted by Crippen LogP contribution is -2.17. The SMILES string of the molecule is CC(=O)c1scc2c1OCCN2. The highest BCUT2D eigenvalue weighted by Crippen LogP contribution is 2.37. The molecule has 1 aromatic heterocycles. The van der Waals surface area contributed by atoms with Crippen molar-refractivity contribution in [2.75, 3.05) is 18.5 Å². The lowest BCUT2D eigenvalue weighted by Gasteiger charge is -2.15. The monoisotopic (exact) mass is 183 g/mol. The molecule has 1 aliphatic rings. The molecule has 3 nitrogen and oxygen atoms in total. The molecule has 0 amide bonds. The third-order valence-corrected chi connectivity index (χ3v) is 2.79. The van der Waals surface area contributed by atoms with Crippen LogP contribution in [-0.2, 0) is 0 Å². The molecule has 1 aliphatic heterocycles. The van der Waals surface area contributed by atoms with Crippen LogP contribution in [0.4, 0.5) is 5.69 Å². The van der Waals surface area contributed by atoms with Gasteiger partial charge in [-0.05, 0) is 0 Å². The first kappa shape index (κ1) is 7.61. The smallest absolute Gasteiger partial charge is 0.173 e. The number of hydrogen-bond acceptors (Lipinski definition) is 4. The van der Waals surface area contributed by atoms with Gasteiger partial charge in [0.1, 0.15) is 11.5 Å². The maximum Gasteiger partial charge on any atom is 0.173 e. The minimum atomic E-state index is 0.0740. The van der Waals surface area contributed by atoms with Crippen molar-refractivity contribution in [3.05, 3.63) is 10.3 Å². The lowest BCUT2D eigenvalue weighted by atomic mass is 10.3. The Balaban J connectivity index is 2.44. The molecule has 0 saturated carbocycles. The van der Waals surface area contributed by atoms with Crippen molar-refractivity contribution >= 4 is 22.8 Å². The van der Waals surface area contributed by atoms with Crippen LogP contribution in [0.5, 0.6) is 5.75 Å². The minimum absolute atomic E-state index is 0.0740. The van der Waals surface area contributed by atoms with Gasteiger partial charge in [0.05, 0.1) is 5.69 Å². The number of rotatable bonds is 1. The molecule has 0 unspecified atom stereocenters. The number of thiophene rings is 1. The molecule has 0 aliphatic carbocycles. The first-order valence-corrected chi connectivity index (χ1v) is 4.66. The van der Waals surface area contributed by atoms with Gasteiger partial charge in [0.25, 0.3) is 0 Å². The number of carbonyl (C=O) groups excluding carboxylic acids is 1. The molecule has 0 fully saturated rings. The average Bonchev–Trinajstić information content (AvgIpc) is 2.47. The lowest BCUT2D eigenvalue weighted by molar-refractivity contribution is 0.101. The van der Waals surface area contributed by atoms with Crippen molar-refractivity contribution in [3.8, 4) is 5.75 Å². The van der Waals surface area contributed by atoms with Gasteiger partial charge in [-0.2, -0.15) is 0 Å². The molecule has 12 heavy (non-hydrogen) atoms. The number of anilines is 1. The second kappa shape index (κ2) is 2.79. The molecular weight excluding hydrogens is 174 g/mol. The van der Waals surface area contributed by atoms with Crippen LogP contribution in [0.25, 0.3) is 0 Å². The van der Waals surface area contributed by atoms with Crippen molar-refractivity contribution in [2.45, 2.75) is 6.92 Å². The summed E-state index contributed by atoms with van der Waals surface area (Å²) in [5.74, 6) is 0.809. The van der Waals surface area contributed by atoms with E-state index in [1.807, 2.05) is 5.38 Å². The summed E-state index contributed by atoms with van der Waals surface area (Å²) in [6.45, 7) is 3.02. The normalized spacial score (nSPS) is 14.4. The highest BCUT2D eigenvalue weighted by molar-refractivity contribution is 7.13. The van der Waals surface area contributed by atoms with E-state index < -0.39 is 0 Å². The first-order chi connectivity index (χ1) is 5.79. The van der Waals surface area contributed by atoms with E-state index >= 15 is 0 Å². The molecule has 64 valence electrons. The van der Waals surface area contributed by atoms with E-state index in [2.05, 4.69) is 5.32 Å². The first-order valence-electron chi connectivity index (χ1n) is 3.78. The largest absolute Gasteiger partial charge is 0.488 e. The molecule has 0 saturated heterocycles. The molecule has 0 atom stereocenters. The van der Waals surface area contributed by atoms with Crippen LogP contribution in [0.2, 0.25) is 0 Å². The van der Waals surface area contributed by atoms with Gasteiger partial charge in [-0.25, -0.2) is 0 Å². The Labute approximate surface area is 74.4 Å². The molecular formula is C8H9NO2S. The molecule has 1 aromatic rings. The predicted molar refractivity (Wildman–Crippen MR) is 48.3 cm³/mol. The topological polar surface area (TPSA) is 38.3 Å². The van der Waals surface area contributed by atoms with Crippen molar-refractivity contribution in [2.24, 2.45) is 0 Å².